The van der Waals surface area contributed by atoms with Crippen LogP contribution in [0.4, 0.5) is 0 Å². The summed E-state index contributed by atoms with van der Waals surface area (Å²) in [6.07, 6.45) is 0.287. The van der Waals surface area contributed by atoms with Gasteiger partial charge in [0.25, 0.3) is 0 Å². The van der Waals surface area contributed by atoms with Gasteiger partial charge in [0.15, 0.2) is 0 Å². The number of aryl methyl sites for hydroxylation is 1. The lowest BCUT2D eigenvalue weighted by molar-refractivity contribution is -0.163. The predicted octanol–water partition coefficient (Wildman–Crippen LogP) is 3.84. The lowest BCUT2D eigenvalue weighted by Crippen LogP contribution is -2.30. The van der Waals surface area contributed by atoms with E-state index in [1.165, 1.54) is 0 Å². The van der Waals surface area contributed by atoms with E-state index in [0.717, 1.165) is 11.1 Å². The average Bonchev–Trinajstić information content (AvgIpc) is 2.37. The second kappa shape index (κ2) is 8.14. The summed E-state index contributed by atoms with van der Waals surface area (Å²) >= 11 is 0. The van der Waals surface area contributed by atoms with Gasteiger partial charge in [-0.05, 0) is 59.1 Å². The maximum absolute atomic E-state index is 12.3. The molecule has 0 heterocycles. The van der Waals surface area contributed by atoms with Gasteiger partial charge in [0, 0.05) is 0 Å². The monoisotopic (exact) mass is 320 g/mol. The van der Waals surface area contributed by atoms with E-state index >= 15 is 0 Å². The molecular weight excluding hydrogens is 292 g/mol. The summed E-state index contributed by atoms with van der Waals surface area (Å²) in [5.74, 6) is -1.26. The van der Waals surface area contributed by atoms with Crippen molar-refractivity contribution in [2.45, 2.75) is 66.1 Å². The Bertz CT molecular complexity index is 541. The van der Waals surface area contributed by atoms with Gasteiger partial charge in [0.2, 0.25) is 0 Å². The molecule has 1 aromatic carbocycles. The van der Waals surface area contributed by atoms with Crippen molar-refractivity contribution in [1.82, 2.24) is 0 Å². The molecule has 0 saturated carbocycles. The van der Waals surface area contributed by atoms with Crippen molar-refractivity contribution in [2.75, 3.05) is 0 Å². The van der Waals surface area contributed by atoms with Crippen LogP contribution in [0.25, 0.3) is 0 Å². The van der Waals surface area contributed by atoms with E-state index in [1.54, 1.807) is 13.8 Å². The summed E-state index contributed by atoms with van der Waals surface area (Å²) in [4.78, 5) is 24.4. The van der Waals surface area contributed by atoms with E-state index in [0.29, 0.717) is 6.42 Å². The minimum atomic E-state index is -0.563. The fourth-order valence-corrected chi connectivity index (χ4v) is 2.26. The molecule has 0 fully saturated rings. The van der Waals surface area contributed by atoms with Crippen LogP contribution in [0.2, 0.25) is 0 Å². The first-order valence-corrected chi connectivity index (χ1v) is 8.05. The highest BCUT2D eigenvalue weighted by Crippen LogP contribution is 2.20. The smallest absolute Gasteiger partial charge is 0.310 e. The molecule has 0 saturated heterocycles. The molecule has 1 aromatic rings. The number of benzene rings is 1. The molecule has 0 aromatic heterocycles. The summed E-state index contributed by atoms with van der Waals surface area (Å²) in [5, 5.41) is 0. The van der Waals surface area contributed by atoms with Crippen molar-refractivity contribution >= 4 is 11.9 Å². The van der Waals surface area contributed by atoms with E-state index < -0.39 is 11.5 Å². The van der Waals surface area contributed by atoms with Gasteiger partial charge in [-0.15, -0.1) is 0 Å². The summed E-state index contributed by atoms with van der Waals surface area (Å²) in [6, 6.07) is 7.85. The average molecular weight is 320 g/mol. The molecule has 0 unspecified atom stereocenters. The van der Waals surface area contributed by atoms with Crippen LogP contribution in [0.1, 0.15) is 52.2 Å². The van der Waals surface area contributed by atoms with Crippen LogP contribution in [0.15, 0.2) is 24.3 Å². The Morgan fingerprint density at radius 3 is 2.26 bits per heavy atom. The minimum absolute atomic E-state index is 0.0250. The molecule has 0 spiro atoms. The summed E-state index contributed by atoms with van der Waals surface area (Å²) in [6.45, 7) is 11.0. The molecular formula is C19H28O4. The first-order chi connectivity index (χ1) is 10.6. The molecule has 4 heteroatoms. The van der Waals surface area contributed by atoms with Crippen LogP contribution in [0.5, 0.6) is 0 Å². The molecule has 0 aliphatic rings. The Labute approximate surface area is 139 Å². The molecule has 0 amide bonds. The summed E-state index contributed by atoms with van der Waals surface area (Å²) in [7, 11) is 0. The molecule has 1 atom stereocenters. The van der Waals surface area contributed by atoms with Crippen molar-refractivity contribution in [3.05, 3.63) is 35.4 Å². The number of hydrogen-bond donors (Lipinski definition) is 0. The van der Waals surface area contributed by atoms with E-state index in [2.05, 4.69) is 0 Å². The van der Waals surface area contributed by atoms with Gasteiger partial charge in [0.05, 0.1) is 18.4 Å². The normalized spacial score (nSPS) is 12.8. The van der Waals surface area contributed by atoms with Gasteiger partial charge in [-0.3, -0.25) is 9.59 Å². The predicted molar refractivity (Wildman–Crippen MR) is 90.1 cm³/mol. The Morgan fingerprint density at radius 2 is 1.74 bits per heavy atom. The first kappa shape index (κ1) is 19.2. The van der Waals surface area contributed by atoms with Gasteiger partial charge < -0.3 is 9.47 Å². The van der Waals surface area contributed by atoms with Gasteiger partial charge in [-0.2, -0.15) is 0 Å². The number of carbonyl (C=O) groups is 2. The molecule has 4 nitrogen and oxygen atoms in total. The zero-order valence-corrected chi connectivity index (χ0v) is 15.0. The highest BCUT2D eigenvalue weighted by Gasteiger charge is 2.27. The Kier molecular flexibility index (Phi) is 6.79. The van der Waals surface area contributed by atoms with Gasteiger partial charge in [-0.1, -0.05) is 24.3 Å². The number of esters is 2. The van der Waals surface area contributed by atoms with E-state index in [-0.39, 0.29) is 24.5 Å². The lowest BCUT2D eigenvalue weighted by Gasteiger charge is -2.22. The number of ether oxygens (including phenoxy) is 2. The number of hydrogen-bond acceptors (Lipinski definition) is 4. The molecule has 0 N–H and O–H groups in total. The molecule has 128 valence electrons. The van der Waals surface area contributed by atoms with Crippen LogP contribution in [-0.4, -0.2) is 23.6 Å². The van der Waals surface area contributed by atoms with Gasteiger partial charge in [0.1, 0.15) is 5.60 Å². The summed E-state index contributed by atoms with van der Waals surface area (Å²) < 4.78 is 10.7. The van der Waals surface area contributed by atoms with Crippen LogP contribution in [-0.2, 0) is 25.5 Å². The molecule has 0 aliphatic carbocycles. The Morgan fingerprint density at radius 1 is 1.13 bits per heavy atom. The van der Waals surface area contributed by atoms with Crippen LogP contribution < -0.4 is 0 Å². The number of rotatable bonds is 6. The van der Waals surface area contributed by atoms with Crippen LogP contribution in [0, 0.1) is 12.8 Å². The molecule has 0 radical (unpaired) electrons. The third-order valence-electron chi connectivity index (χ3n) is 3.25. The fourth-order valence-electron chi connectivity index (χ4n) is 2.26. The maximum Gasteiger partial charge on any atom is 0.310 e. The van der Waals surface area contributed by atoms with E-state index in [4.69, 9.17) is 9.47 Å². The van der Waals surface area contributed by atoms with Gasteiger partial charge in [-0.25, -0.2) is 0 Å². The lowest BCUT2D eigenvalue weighted by atomic mass is 9.93. The SMILES string of the molecule is Cc1ccccc1C[C@@H](CC(=O)OC(C)(C)C)C(=O)OC(C)C. The Balaban J connectivity index is 2.87. The van der Waals surface area contributed by atoms with Crippen molar-refractivity contribution in [3.8, 4) is 0 Å². The third-order valence-corrected chi connectivity index (χ3v) is 3.25. The zero-order chi connectivity index (χ0) is 17.6. The maximum atomic E-state index is 12.3. The van der Waals surface area contributed by atoms with E-state index in [1.807, 2.05) is 52.0 Å². The highest BCUT2D eigenvalue weighted by molar-refractivity contribution is 5.80. The van der Waals surface area contributed by atoms with Crippen molar-refractivity contribution in [2.24, 2.45) is 5.92 Å². The molecule has 0 bridgehead atoms. The van der Waals surface area contributed by atoms with Gasteiger partial charge >= 0.3 is 11.9 Å². The first-order valence-electron chi connectivity index (χ1n) is 8.05. The highest BCUT2D eigenvalue weighted by atomic mass is 16.6. The van der Waals surface area contributed by atoms with Crippen molar-refractivity contribution in [3.63, 3.8) is 0 Å². The zero-order valence-electron chi connectivity index (χ0n) is 15.0. The topological polar surface area (TPSA) is 52.6 Å². The van der Waals surface area contributed by atoms with Crippen LogP contribution >= 0.6 is 0 Å². The van der Waals surface area contributed by atoms with Crippen molar-refractivity contribution in [1.29, 1.82) is 0 Å². The van der Waals surface area contributed by atoms with Crippen LogP contribution in [0.3, 0.4) is 0 Å². The number of carbonyl (C=O) groups excluding carboxylic acids is 2. The summed E-state index contributed by atoms with van der Waals surface area (Å²) in [5.41, 5.74) is 1.58. The van der Waals surface area contributed by atoms with E-state index in [9.17, 15) is 9.59 Å². The third kappa shape index (κ3) is 7.31. The molecule has 1 rings (SSSR count). The fraction of sp³-hybridized carbons (Fsp3) is 0.579. The Hall–Kier alpha value is -1.84. The second-order valence-electron chi connectivity index (χ2n) is 7.10. The second-order valence-corrected chi connectivity index (χ2v) is 7.10. The molecule has 23 heavy (non-hydrogen) atoms. The quantitative estimate of drug-likeness (QED) is 0.747. The largest absolute Gasteiger partial charge is 0.463 e. The minimum Gasteiger partial charge on any atom is -0.463 e. The standard InChI is InChI=1S/C19H28O4/c1-13(2)22-18(21)16(12-17(20)23-19(4,5)6)11-15-10-8-7-9-14(15)3/h7-10,13,16H,11-12H2,1-6H3/t16-/m0/s1. The van der Waals surface area contributed by atoms with Crippen molar-refractivity contribution < 1.29 is 19.1 Å². The molecule has 0 aliphatic heterocycles.